The smallest absolute Gasteiger partial charge is 0.270 e. The number of hydrogen-bond donors (Lipinski definition) is 0. The molecule has 1 heterocycles. The summed E-state index contributed by atoms with van der Waals surface area (Å²) in [6.45, 7) is 2.04. The number of aromatic nitrogens is 2. The van der Waals surface area contributed by atoms with Crippen LogP contribution in [0.1, 0.15) is 21.8 Å². The Labute approximate surface area is 159 Å². The molecule has 0 radical (unpaired) electrons. The van der Waals surface area contributed by atoms with Crippen LogP contribution in [0.5, 0.6) is 0 Å². The number of nitro benzene ring substituents is 1. The van der Waals surface area contributed by atoms with Gasteiger partial charge in [0.15, 0.2) is 0 Å². The van der Waals surface area contributed by atoms with Crippen LogP contribution in [0.2, 0.25) is 5.02 Å². The molecule has 1 amide bonds. The zero-order valence-electron chi connectivity index (χ0n) is 14.5. The summed E-state index contributed by atoms with van der Waals surface area (Å²) in [5, 5.41) is 14.7. The summed E-state index contributed by atoms with van der Waals surface area (Å²) in [4.78, 5) is 28.4. The van der Waals surface area contributed by atoms with Crippen molar-refractivity contribution in [3.63, 3.8) is 0 Å². The van der Waals surface area contributed by atoms with Gasteiger partial charge < -0.3 is 9.42 Å². The summed E-state index contributed by atoms with van der Waals surface area (Å²) in [5.74, 6) is 0.286. The standard InChI is InChI=1S/C18H15ClN4O4/c1-11-4-3-5-12(8-11)17-20-16(27-21-17)10-22(2)18(24)14-7-6-13(23(25)26)9-15(14)19/h3-9H,10H2,1-2H3. The number of rotatable bonds is 5. The van der Waals surface area contributed by atoms with Crippen molar-refractivity contribution in [3.8, 4) is 11.4 Å². The average Bonchev–Trinajstić information content (AvgIpc) is 3.09. The fourth-order valence-corrected chi connectivity index (χ4v) is 2.75. The van der Waals surface area contributed by atoms with Crippen molar-refractivity contribution in [1.29, 1.82) is 0 Å². The van der Waals surface area contributed by atoms with Crippen LogP contribution in [0.4, 0.5) is 5.69 Å². The lowest BCUT2D eigenvalue weighted by Gasteiger charge is -2.15. The van der Waals surface area contributed by atoms with Gasteiger partial charge in [0.25, 0.3) is 11.6 Å². The maximum atomic E-state index is 12.6. The monoisotopic (exact) mass is 386 g/mol. The Kier molecular flexibility index (Phi) is 5.18. The molecule has 0 unspecified atom stereocenters. The number of amides is 1. The third-order valence-corrected chi connectivity index (χ3v) is 4.17. The number of halogens is 1. The van der Waals surface area contributed by atoms with E-state index in [0.29, 0.717) is 5.82 Å². The van der Waals surface area contributed by atoms with Crippen molar-refractivity contribution in [3.05, 3.63) is 74.6 Å². The highest BCUT2D eigenvalue weighted by molar-refractivity contribution is 6.34. The lowest BCUT2D eigenvalue weighted by molar-refractivity contribution is -0.384. The number of nitrogens with zero attached hydrogens (tertiary/aromatic N) is 4. The van der Waals surface area contributed by atoms with E-state index in [9.17, 15) is 14.9 Å². The highest BCUT2D eigenvalue weighted by Crippen LogP contribution is 2.24. The first-order chi connectivity index (χ1) is 12.8. The van der Waals surface area contributed by atoms with Gasteiger partial charge in [-0.3, -0.25) is 14.9 Å². The fraction of sp³-hybridized carbons (Fsp3) is 0.167. The molecule has 8 nitrogen and oxygen atoms in total. The van der Waals surface area contributed by atoms with Crippen molar-refractivity contribution < 1.29 is 14.2 Å². The normalized spacial score (nSPS) is 10.6. The molecule has 0 aliphatic heterocycles. The maximum absolute atomic E-state index is 12.6. The zero-order chi connectivity index (χ0) is 19.6. The summed E-state index contributed by atoms with van der Waals surface area (Å²) in [7, 11) is 1.55. The van der Waals surface area contributed by atoms with Gasteiger partial charge in [-0.15, -0.1) is 0 Å². The van der Waals surface area contributed by atoms with E-state index in [1.807, 2.05) is 31.2 Å². The Morgan fingerprint density at radius 2 is 2.07 bits per heavy atom. The Morgan fingerprint density at radius 3 is 2.74 bits per heavy atom. The first-order valence-electron chi connectivity index (χ1n) is 7.94. The Bertz CT molecular complexity index is 1020. The minimum Gasteiger partial charge on any atom is -0.337 e. The van der Waals surface area contributed by atoms with E-state index in [4.69, 9.17) is 16.1 Å². The van der Waals surface area contributed by atoms with Crippen molar-refractivity contribution in [2.75, 3.05) is 7.05 Å². The Morgan fingerprint density at radius 1 is 1.30 bits per heavy atom. The maximum Gasteiger partial charge on any atom is 0.270 e. The molecule has 0 aliphatic rings. The summed E-state index contributed by atoms with van der Waals surface area (Å²) >= 11 is 6.01. The molecule has 2 aromatic carbocycles. The van der Waals surface area contributed by atoms with Crippen LogP contribution in [0.3, 0.4) is 0 Å². The van der Waals surface area contributed by atoms with E-state index < -0.39 is 10.8 Å². The van der Waals surface area contributed by atoms with E-state index in [1.54, 1.807) is 7.05 Å². The van der Waals surface area contributed by atoms with E-state index in [0.717, 1.165) is 17.2 Å². The molecule has 27 heavy (non-hydrogen) atoms. The number of carbonyl (C=O) groups is 1. The second-order valence-electron chi connectivity index (χ2n) is 5.96. The highest BCUT2D eigenvalue weighted by atomic mass is 35.5. The molecule has 9 heteroatoms. The molecule has 0 fully saturated rings. The predicted octanol–water partition coefficient (Wildman–Crippen LogP) is 3.88. The first kappa shape index (κ1) is 18.5. The van der Waals surface area contributed by atoms with Crippen molar-refractivity contribution >= 4 is 23.2 Å². The Hall–Kier alpha value is -3.26. The molecular weight excluding hydrogens is 372 g/mol. The molecular formula is C18H15ClN4O4. The lowest BCUT2D eigenvalue weighted by atomic mass is 10.1. The van der Waals surface area contributed by atoms with Crippen molar-refractivity contribution in [2.45, 2.75) is 13.5 Å². The van der Waals surface area contributed by atoms with Crippen LogP contribution in [-0.4, -0.2) is 32.9 Å². The predicted molar refractivity (Wildman–Crippen MR) is 98.4 cm³/mol. The van der Waals surface area contributed by atoms with Gasteiger partial charge in [0.1, 0.15) is 0 Å². The van der Waals surface area contributed by atoms with Gasteiger partial charge in [-0.05, 0) is 19.1 Å². The Balaban J connectivity index is 1.75. The molecule has 0 saturated carbocycles. The third-order valence-electron chi connectivity index (χ3n) is 3.86. The molecule has 0 saturated heterocycles. The fourth-order valence-electron chi connectivity index (χ4n) is 2.49. The molecule has 0 bridgehead atoms. The molecule has 0 atom stereocenters. The minimum absolute atomic E-state index is 0.00651. The lowest BCUT2D eigenvalue weighted by Crippen LogP contribution is -2.26. The summed E-state index contributed by atoms with van der Waals surface area (Å²) in [6, 6.07) is 11.4. The summed E-state index contributed by atoms with van der Waals surface area (Å²) < 4.78 is 5.22. The highest BCUT2D eigenvalue weighted by Gasteiger charge is 2.20. The van der Waals surface area contributed by atoms with Gasteiger partial charge in [-0.2, -0.15) is 4.98 Å². The second-order valence-corrected chi connectivity index (χ2v) is 6.37. The van der Waals surface area contributed by atoms with E-state index in [-0.39, 0.29) is 28.7 Å². The molecule has 138 valence electrons. The van der Waals surface area contributed by atoms with Gasteiger partial charge >= 0.3 is 0 Å². The van der Waals surface area contributed by atoms with Gasteiger partial charge in [0, 0.05) is 24.7 Å². The van der Waals surface area contributed by atoms with Crippen molar-refractivity contribution in [1.82, 2.24) is 15.0 Å². The van der Waals surface area contributed by atoms with Crippen LogP contribution >= 0.6 is 11.6 Å². The third kappa shape index (κ3) is 4.12. The van der Waals surface area contributed by atoms with Crippen LogP contribution in [-0.2, 0) is 6.54 Å². The zero-order valence-corrected chi connectivity index (χ0v) is 15.3. The minimum atomic E-state index is -0.574. The number of nitro groups is 1. The molecule has 3 rings (SSSR count). The van der Waals surface area contributed by atoms with Gasteiger partial charge in [-0.1, -0.05) is 40.5 Å². The SMILES string of the molecule is Cc1cccc(-c2noc(CN(C)C(=O)c3ccc([N+](=O)[O-])cc3Cl)n2)c1. The number of aryl methyl sites for hydroxylation is 1. The van der Waals surface area contributed by atoms with Gasteiger partial charge in [0.05, 0.1) is 22.1 Å². The van der Waals surface area contributed by atoms with E-state index in [2.05, 4.69) is 10.1 Å². The van der Waals surface area contributed by atoms with Crippen LogP contribution in [0, 0.1) is 17.0 Å². The molecule has 3 aromatic rings. The van der Waals surface area contributed by atoms with Gasteiger partial charge in [-0.25, -0.2) is 0 Å². The second kappa shape index (κ2) is 7.55. The quantitative estimate of drug-likeness (QED) is 0.487. The summed E-state index contributed by atoms with van der Waals surface area (Å²) in [6.07, 6.45) is 0. The first-order valence-corrected chi connectivity index (χ1v) is 8.32. The van der Waals surface area contributed by atoms with Crippen LogP contribution < -0.4 is 0 Å². The van der Waals surface area contributed by atoms with E-state index >= 15 is 0 Å². The topological polar surface area (TPSA) is 102 Å². The number of carbonyl (C=O) groups excluding carboxylic acids is 1. The van der Waals surface area contributed by atoms with Crippen LogP contribution in [0.15, 0.2) is 47.0 Å². The largest absolute Gasteiger partial charge is 0.337 e. The van der Waals surface area contributed by atoms with Crippen LogP contribution in [0.25, 0.3) is 11.4 Å². The number of benzene rings is 2. The molecule has 0 spiro atoms. The summed E-state index contributed by atoms with van der Waals surface area (Å²) in [5.41, 5.74) is 1.86. The van der Waals surface area contributed by atoms with Crippen molar-refractivity contribution in [2.24, 2.45) is 0 Å². The number of non-ortho nitro benzene ring substituents is 1. The number of hydrogen-bond acceptors (Lipinski definition) is 6. The molecule has 0 N–H and O–H groups in total. The van der Waals surface area contributed by atoms with Gasteiger partial charge in [0.2, 0.25) is 11.7 Å². The average molecular weight is 387 g/mol. The van der Waals surface area contributed by atoms with E-state index in [1.165, 1.54) is 17.0 Å². The molecule has 0 aliphatic carbocycles. The molecule has 1 aromatic heterocycles.